The summed E-state index contributed by atoms with van der Waals surface area (Å²) in [5.74, 6) is -1.18. The molecule has 1 atom stereocenters. The van der Waals surface area contributed by atoms with Crippen LogP contribution in [0.3, 0.4) is 0 Å². The van der Waals surface area contributed by atoms with E-state index < -0.39 is 28.2 Å². The third kappa shape index (κ3) is 9.11. The molecule has 0 spiro atoms. The van der Waals surface area contributed by atoms with Gasteiger partial charge in [-0.15, -0.1) is 0 Å². The highest BCUT2D eigenvalue weighted by molar-refractivity contribution is 7.85. The predicted octanol–water partition coefficient (Wildman–Crippen LogP) is 1.51. The normalized spacial score (nSPS) is 12.4. The fraction of sp³-hybridized carbons (Fsp3) is 0.467. The third-order valence-electron chi connectivity index (χ3n) is 2.99. The minimum atomic E-state index is -3.50. The van der Waals surface area contributed by atoms with Crippen molar-refractivity contribution in [3.63, 3.8) is 0 Å². The second-order valence-corrected chi connectivity index (χ2v) is 6.76. The standard InChI is InChI=1S/C15H21NO7S/c1-24(20,21)23-10-6-5-9-13(14(17)18)16-15(19)22-11-12-7-3-2-4-8-12/h2-4,7-8,13H,5-6,9-11H2,1H3,(H,16,19)(H,17,18)/t13-/m1/s1. The third-order valence-corrected chi connectivity index (χ3v) is 3.58. The molecule has 9 heteroatoms. The van der Waals surface area contributed by atoms with Crippen LogP contribution in [0.15, 0.2) is 30.3 Å². The number of nitrogens with one attached hydrogen (secondary N) is 1. The van der Waals surface area contributed by atoms with Gasteiger partial charge in [-0.2, -0.15) is 8.42 Å². The van der Waals surface area contributed by atoms with E-state index in [9.17, 15) is 18.0 Å². The molecule has 1 aromatic rings. The molecule has 0 bridgehead atoms. The number of alkyl carbamates (subject to hydrolysis) is 1. The van der Waals surface area contributed by atoms with E-state index >= 15 is 0 Å². The van der Waals surface area contributed by atoms with Crippen LogP contribution in [-0.2, 0) is 30.4 Å². The molecule has 1 aromatic carbocycles. The molecule has 0 aliphatic heterocycles. The Kier molecular flexibility index (Phi) is 8.20. The lowest BCUT2D eigenvalue weighted by atomic mass is 10.1. The second-order valence-electron chi connectivity index (χ2n) is 5.12. The number of unbranched alkanes of at least 4 members (excludes halogenated alkanes) is 1. The number of carbonyl (C=O) groups is 2. The molecule has 8 nitrogen and oxygen atoms in total. The number of benzene rings is 1. The van der Waals surface area contributed by atoms with Gasteiger partial charge in [0.25, 0.3) is 10.1 Å². The summed E-state index contributed by atoms with van der Waals surface area (Å²) >= 11 is 0. The van der Waals surface area contributed by atoms with Crippen LogP contribution in [0.2, 0.25) is 0 Å². The Hall–Kier alpha value is -2.13. The van der Waals surface area contributed by atoms with E-state index in [0.29, 0.717) is 12.8 Å². The van der Waals surface area contributed by atoms with Crippen molar-refractivity contribution < 1.29 is 32.0 Å². The van der Waals surface area contributed by atoms with Crippen molar-refractivity contribution in [1.82, 2.24) is 5.32 Å². The first-order chi connectivity index (χ1) is 11.3. The average molecular weight is 359 g/mol. The summed E-state index contributed by atoms with van der Waals surface area (Å²) in [6, 6.07) is 7.89. The zero-order valence-corrected chi connectivity index (χ0v) is 14.1. The van der Waals surface area contributed by atoms with Gasteiger partial charge in [0, 0.05) is 0 Å². The van der Waals surface area contributed by atoms with Crippen LogP contribution in [0.25, 0.3) is 0 Å². The zero-order chi connectivity index (χ0) is 18.0. The fourth-order valence-corrected chi connectivity index (χ4v) is 2.25. The molecule has 0 fully saturated rings. The van der Waals surface area contributed by atoms with Gasteiger partial charge in [0.15, 0.2) is 0 Å². The number of hydrogen-bond acceptors (Lipinski definition) is 6. The van der Waals surface area contributed by atoms with Crippen molar-refractivity contribution in [1.29, 1.82) is 0 Å². The van der Waals surface area contributed by atoms with Crippen LogP contribution >= 0.6 is 0 Å². The van der Waals surface area contributed by atoms with Crippen LogP contribution in [0, 0.1) is 0 Å². The molecule has 0 saturated carbocycles. The number of rotatable bonds is 10. The van der Waals surface area contributed by atoms with Crippen LogP contribution < -0.4 is 5.32 Å². The first kappa shape index (κ1) is 19.9. The summed E-state index contributed by atoms with van der Waals surface area (Å²) in [5, 5.41) is 11.4. The van der Waals surface area contributed by atoms with Gasteiger partial charge < -0.3 is 15.2 Å². The molecule has 0 aliphatic carbocycles. The van der Waals surface area contributed by atoms with E-state index in [2.05, 4.69) is 9.50 Å². The number of carboxylic acid groups (broad SMARTS) is 1. The SMILES string of the molecule is CS(=O)(=O)OCCCC[C@@H](NC(=O)OCc1ccccc1)C(=O)O. The van der Waals surface area contributed by atoms with Gasteiger partial charge in [0.05, 0.1) is 12.9 Å². The van der Waals surface area contributed by atoms with Crippen LogP contribution in [0.1, 0.15) is 24.8 Å². The smallest absolute Gasteiger partial charge is 0.408 e. The number of carbonyl (C=O) groups excluding carboxylic acids is 1. The highest BCUT2D eigenvalue weighted by Gasteiger charge is 2.20. The Labute approximate surface area is 140 Å². The monoisotopic (exact) mass is 359 g/mol. The van der Waals surface area contributed by atoms with Crippen molar-refractivity contribution in [2.24, 2.45) is 0 Å². The zero-order valence-electron chi connectivity index (χ0n) is 13.3. The Morgan fingerprint density at radius 3 is 2.46 bits per heavy atom. The predicted molar refractivity (Wildman–Crippen MR) is 85.8 cm³/mol. The first-order valence-corrected chi connectivity index (χ1v) is 9.14. The average Bonchev–Trinajstić information content (AvgIpc) is 2.51. The quantitative estimate of drug-likeness (QED) is 0.480. The number of hydrogen-bond donors (Lipinski definition) is 2. The van der Waals surface area contributed by atoms with Crippen molar-refractivity contribution in [3.8, 4) is 0 Å². The van der Waals surface area contributed by atoms with Crippen molar-refractivity contribution >= 4 is 22.2 Å². The summed E-state index contributed by atoms with van der Waals surface area (Å²) in [6.07, 6.45) is 1.00. The summed E-state index contributed by atoms with van der Waals surface area (Å²) in [7, 11) is -3.50. The number of ether oxygens (including phenoxy) is 1. The maximum absolute atomic E-state index is 11.7. The van der Waals surface area contributed by atoms with Gasteiger partial charge in [-0.3, -0.25) is 4.18 Å². The Morgan fingerprint density at radius 2 is 1.88 bits per heavy atom. The van der Waals surface area contributed by atoms with Crippen LogP contribution in [-0.4, -0.2) is 44.5 Å². The fourth-order valence-electron chi connectivity index (χ4n) is 1.83. The highest BCUT2D eigenvalue weighted by atomic mass is 32.2. The molecule has 0 heterocycles. The summed E-state index contributed by atoms with van der Waals surface area (Å²) in [4.78, 5) is 22.8. The minimum absolute atomic E-state index is 0.0242. The molecule has 1 rings (SSSR count). The van der Waals surface area contributed by atoms with E-state index in [4.69, 9.17) is 9.84 Å². The highest BCUT2D eigenvalue weighted by Crippen LogP contribution is 2.05. The molecule has 0 radical (unpaired) electrons. The van der Waals surface area contributed by atoms with E-state index in [0.717, 1.165) is 11.8 Å². The minimum Gasteiger partial charge on any atom is -0.480 e. The topological polar surface area (TPSA) is 119 Å². The van der Waals surface area contributed by atoms with Gasteiger partial charge in [0.2, 0.25) is 0 Å². The molecule has 0 aromatic heterocycles. The van der Waals surface area contributed by atoms with E-state index in [1.54, 1.807) is 24.3 Å². The summed E-state index contributed by atoms with van der Waals surface area (Å²) < 4.78 is 31.1. The molecule has 1 amide bonds. The molecule has 0 saturated heterocycles. The number of carboxylic acids is 1. The van der Waals surface area contributed by atoms with E-state index in [1.165, 1.54) is 0 Å². The molecule has 24 heavy (non-hydrogen) atoms. The van der Waals surface area contributed by atoms with Crippen molar-refractivity contribution in [3.05, 3.63) is 35.9 Å². The largest absolute Gasteiger partial charge is 0.480 e. The van der Waals surface area contributed by atoms with Gasteiger partial charge in [-0.05, 0) is 24.8 Å². The molecule has 2 N–H and O–H groups in total. The second kappa shape index (κ2) is 9.89. The molecular weight excluding hydrogens is 338 g/mol. The van der Waals surface area contributed by atoms with Gasteiger partial charge in [0.1, 0.15) is 12.6 Å². The van der Waals surface area contributed by atoms with Gasteiger partial charge >= 0.3 is 12.1 Å². The van der Waals surface area contributed by atoms with Crippen molar-refractivity contribution in [2.45, 2.75) is 31.9 Å². The Balaban J connectivity index is 2.31. The summed E-state index contributed by atoms with van der Waals surface area (Å²) in [6.45, 7) is 0.0187. The van der Waals surface area contributed by atoms with Crippen molar-refractivity contribution in [2.75, 3.05) is 12.9 Å². The van der Waals surface area contributed by atoms with Gasteiger partial charge in [-0.1, -0.05) is 30.3 Å². The molecule has 134 valence electrons. The molecule has 0 aliphatic rings. The first-order valence-electron chi connectivity index (χ1n) is 7.32. The van der Waals surface area contributed by atoms with E-state index in [1.807, 2.05) is 6.07 Å². The van der Waals surface area contributed by atoms with E-state index in [-0.39, 0.29) is 19.6 Å². The van der Waals surface area contributed by atoms with Crippen LogP contribution in [0.5, 0.6) is 0 Å². The van der Waals surface area contributed by atoms with Gasteiger partial charge in [-0.25, -0.2) is 9.59 Å². The number of amides is 1. The Bertz CT molecular complexity index is 630. The Morgan fingerprint density at radius 1 is 1.21 bits per heavy atom. The molecular formula is C15H21NO7S. The lowest BCUT2D eigenvalue weighted by Gasteiger charge is -2.14. The lowest BCUT2D eigenvalue weighted by molar-refractivity contribution is -0.139. The number of aliphatic carboxylic acids is 1. The maximum Gasteiger partial charge on any atom is 0.408 e. The van der Waals surface area contributed by atoms with Crippen LogP contribution in [0.4, 0.5) is 4.79 Å². The lowest BCUT2D eigenvalue weighted by Crippen LogP contribution is -2.41. The maximum atomic E-state index is 11.7. The summed E-state index contributed by atoms with van der Waals surface area (Å²) in [5.41, 5.74) is 0.789. The molecule has 0 unspecified atom stereocenters.